The number of nitrogens with one attached hydrogen (secondary N) is 1. The number of nitrogens with zero attached hydrogens (tertiary/aromatic N) is 3. The zero-order valence-electron chi connectivity index (χ0n) is 13.7. The van der Waals surface area contributed by atoms with Gasteiger partial charge in [-0.3, -0.25) is 0 Å². The number of aliphatic hydroxyl groups is 1. The van der Waals surface area contributed by atoms with Gasteiger partial charge in [-0.25, -0.2) is 9.97 Å². The van der Waals surface area contributed by atoms with Crippen LogP contribution in [-0.2, 0) is 4.74 Å². The van der Waals surface area contributed by atoms with E-state index in [2.05, 4.69) is 19.9 Å². The van der Waals surface area contributed by atoms with Gasteiger partial charge in [0.05, 0.1) is 17.6 Å². The Morgan fingerprint density at radius 3 is 2.87 bits per heavy atom. The third kappa shape index (κ3) is 2.23. The minimum Gasteiger partial charge on any atom is -0.392 e. The van der Waals surface area contributed by atoms with E-state index in [0.29, 0.717) is 0 Å². The maximum atomic E-state index is 10.3. The zero-order chi connectivity index (χ0) is 16.0. The monoisotopic (exact) mass is 316 g/mol. The number of piperidine rings is 1. The van der Waals surface area contributed by atoms with Gasteiger partial charge >= 0.3 is 0 Å². The van der Waals surface area contributed by atoms with Crippen LogP contribution in [0.25, 0.3) is 11.0 Å². The van der Waals surface area contributed by atoms with Crippen molar-refractivity contribution in [3.05, 3.63) is 18.1 Å². The topological polar surface area (TPSA) is 74.3 Å². The van der Waals surface area contributed by atoms with E-state index in [1.165, 1.54) is 0 Å². The van der Waals surface area contributed by atoms with E-state index < -0.39 is 0 Å². The second kappa shape index (κ2) is 5.46. The number of H-pyrrole nitrogens is 1. The summed E-state index contributed by atoms with van der Waals surface area (Å²) in [5, 5.41) is 11.4. The van der Waals surface area contributed by atoms with Crippen LogP contribution in [-0.4, -0.2) is 52.0 Å². The molecule has 4 rings (SSSR count). The van der Waals surface area contributed by atoms with Gasteiger partial charge in [-0.1, -0.05) is 0 Å². The van der Waals surface area contributed by atoms with E-state index in [1.807, 2.05) is 26.1 Å². The first-order valence-electron chi connectivity index (χ1n) is 8.50. The van der Waals surface area contributed by atoms with Crippen molar-refractivity contribution in [1.29, 1.82) is 0 Å². The third-order valence-electron chi connectivity index (χ3n) is 5.61. The summed E-state index contributed by atoms with van der Waals surface area (Å²) in [6.45, 7) is 6.47. The number of ether oxygens (including phenoxy) is 1. The first-order valence-corrected chi connectivity index (χ1v) is 8.50. The highest BCUT2D eigenvalue weighted by molar-refractivity contribution is 5.87. The third-order valence-corrected chi connectivity index (χ3v) is 5.61. The zero-order valence-corrected chi connectivity index (χ0v) is 13.7. The van der Waals surface area contributed by atoms with Crippen molar-refractivity contribution in [1.82, 2.24) is 15.0 Å². The Labute approximate surface area is 135 Å². The van der Waals surface area contributed by atoms with Gasteiger partial charge in [0.15, 0.2) is 0 Å². The van der Waals surface area contributed by atoms with Crippen molar-refractivity contribution < 1.29 is 9.84 Å². The van der Waals surface area contributed by atoms with E-state index in [-0.39, 0.29) is 17.6 Å². The quantitative estimate of drug-likeness (QED) is 0.906. The van der Waals surface area contributed by atoms with Crippen molar-refractivity contribution in [2.75, 3.05) is 24.6 Å². The predicted octanol–water partition coefficient (Wildman–Crippen LogP) is 2.02. The van der Waals surface area contributed by atoms with Gasteiger partial charge in [-0.15, -0.1) is 0 Å². The van der Waals surface area contributed by atoms with Crippen LogP contribution in [0.3, 0.4) is 0 Å². The molecule has 1 saturated carbocycles. The fourth-order valence-corrected chi connectivity index (χ4v) is 4.23. The Hall–Kier alpha value is -1.66. The molecule has 1 spiro atoms. The van der Waals surface area contributed by atoms with Gasteiger partial charge in [-0.05, 0) is 32.8 Å². The number of aryl methyl sites for hydroxylation is 1. The molecule has 0 amide bonds. The van der Waals surface area contributed by atoms with Gasteiger partial charge < -0.3 is 19.7 Å². The highest BCUT2D eigenvalue weighted by Crippen LogP contribution is 2.51. The summed E-state index contributed by atoms with van der Waals surface area (Å²) < 4.78 is 5.85. The average Bonchev–Trinajstić information content (AvgIpc) is 3.02. The molecule has 2 fully saturated rings. The van der Waals surface area contributed by atoms with E-state index in [0.717, 1.165) is 61.6 Å². The highest BCUT2D eigenvalue weighted by Gasteiger charge is 2.56. The number of aromatic nitrogens is 3. The number of rotatable bonds is 3. The molecule has 3 heterocycles. The van der Waals surface area contributed by atoms with Crippen LogP contribution in [0.5, 0.6) is 0 Å². The summed E-state index contributed by atoms with van der Waals surface area (Å²) >= 11 is 0. The highest BCUT2D eigenvalue weighted by atomic mass is 16.5. The SMILES string of the molecule is CCO[C@@H]1C[C@@H](O)C12CCN(c1nc(C)nc3[nH]ccc13)CC2. The van der Waals surface area contributed by atoms with Crippen molar-refractivity contribution >= 4 is 16.9 Å². The molecule has 6 nitrogen and oxygen atoms in total. The Morgan fingerprint density at radius 1 is 1.39 bits per heavy atom. The Bertz CT molecular complexity index is 704. The summed E-state index contributed by atoms with van der Waals surface area (Å²) in [7, 11) is 0. The lowest BCUT2D eigenvalue weighted by atomic mass is 9.58. The van der Waals surface area contributed by atoms with Crippen molar-refractivity contribution in [3.8, 4) is 0 Å². The Kier molecular flexibility index (Phi) is 3.54. The number of aliphatic hydroxyl groups excluding tert-OH is 1. The van der Waals surface area contributed by atoms with Crippen molar-refractivity contribution in [3.63, 3.8) is 0 Å². The van der Waals surface area contributed by atoms with E-state index >= 15 is 0 Å². The summed E-state index contributed by atoms with van der Waals surface area (Å²) in [5.41, 5.74) is 0.843. The van der Waals surface area contributed by atoms with Crippen molar-refractivity contribution in [2.24, 2.45) is 5.41 Å². The normalized spacial score (nSPS) is 26.7. The molecule has 0 bridgehead atoms. The second-order valence-electron chi connectivity index (χ2n) is 6.75. The number of hydrogen-bond acceptors (Lipinski definition) is 5. The standard InChI is InChI=1S/C17H24N4O2/c1-3-23-14-10-13(22)17(14)5-8-21(9-6-17)16-12-4-7-18-15(12)19-11(2)20-16/h4,7,13-14,22H,3,5-6,8-10H2,1-2H3,(H,18,19,20)/t13-,14-/m1/s1. The first kappa shape index (κ1) is 14.9. The molecule has 1 aliphatic carbocycles. The van der Waals surface area contributed by atoms with Gasteiger partial charge in [0.1, 0.15) is 17.3 Å². The van der Waals surface area contributed by atoms with Crippen LogP contribution in [0.1, 0.15) is 32.0 Å². The molecule has 2 atom stereocenters. The van der Waals surface area contributed by atoms with Crippen LogP contribution in [0.4, 0.5) is 5.82 Å². The number of fused-ring (bicyclic) bond motifs is 1. The summed E-state index contributed by atoms with van der Waals surface area (Å²) in [6, 6.07) is 2.04. The smallest absolute Gasteiger partial charge is 0.143 e. The maximum absolute atomic E-state index is 10.3. The number of hydrogen-bond donors (Lipinski definition) is 2. The largest absolute Gasteiger partial charge is 0.392 e. The maximum Gasteiger partial charge on any atom is 0.143 e. The van der Waals surface area contributed by atoms with E-state index in [1.54, 1.807) is 0 Å². The van der Waals surface area contributed by atoms with Crippen LogP contribution in [0.15, 0.2) is 12.3 Å². The summed E-state index contributed by atoms with van der Waals surface area (Å²) in [6.07, 6.45) is 4.59. The lowest BCUT2D eigenvalue weighted by Crippen LogP contribution is -2.62. The van der Waals surface area contributed by atoms with Crippen molar-refractivity contribution in [2.45, 2.75) is 45.3 Å². The molecule has 1 aliphatic heterocycles. The average molecular weight is 316 g/mol. The minimum atomic E-state index is -0.222. The summed E-state index contributed by atoms with van der Waals surface area (Å²) in [5.74, 6) is 1.79. The molecule has 23 heavy (non-hydrogen) atoms. The predicted molar refractivity (Wildman–Crippen MR) is 88.5 cm³/mol. The Balaban J connectivity index is 1.56. The number of aromatic amines is 1. The fraction of sp³-hybridized carbons (Fsp3) is 0.647. The molecule has 2 aliphatic rings. The van der Waals surface area contributed by atoms with Crippen LogP contribution >= 0.6 is 0 Å². The second-order valence-corrected chi connectivity index (χ2v) is 6.75. The molecule has 2 aromatic rings. The van der Waals surface area contributed by atoms with Gasteiger partial charge in [0.25, 0.3) is 0 Å². The number of anilines is 1. The molecule has 0 radical (unpaired) electrons. The molecule has 1 saturated heterocycles. The summed E-state index contributed by atoms with van der Waals surface area (Å²) in [4.78, 5) is 14.6. The van der Waals surface area contributed by atoms with Crippen LogP contribution in [0.2, 0.25) is 0 Å². The first-order chi connectivity index (χ1) is 11.1. The van der Waals surface area contributed by atoms with Gasteiger partial charge in [-0.2, -0.15) is 0 Å². The molecular formula is C17H24N4O2. The van der Waals surface area contributed by atoms with Gasteiger partial charge in [0, 0.05) is 37.7 Å². The lowest BCUT2D eigenvalue weighted by Gasteiger charge is -2.56. The molecular weight excluding hydrogens is 292 g/mol. The molecule has 6 heteroatoms. The van der Waals surface area contributed by atoms with Gasteiger partial charge in [0.2, 0.25) is 0 Å². The molecule has 124 valence electrons. The van der Waals surface area contributed by atoms with E-state index in [9.17, 15) is 5.11 Å². The molecule has 2 aromatic heterocycles. The molecule has 0 aromatic carbocycles. The molecule has 2 N–H and O–H groups in total. The molecule has 0 unspecified atom stereocenters. The van der Waals surface area contributed by atoms with Crippen LogP contribution < -0.4 is 4.90 Å². The lowest BCUT2D eigenvalue weighted by molar-refractivity contribution is -0.199. The minimum absolute atomic E-state index is 0.0498. The van der Waals surface area contributed by atoms with Crippen LogP contribution in [0, 0.1) is 12.3 Å². The Morgan fingerprint density at radius 2 is 2.17 bits per heavy atom. The fourth-order valence-electron chi connectivity index (χ4n) is 4.23. The van der Waals surface area contributed by atoms with E-state index in [4.69, 9.17) is 4.74 Å².